The summed E-state index contributed by atoms with van der Waals surface area (Å²) >= 11 is 0. The molecule has 1 saturated heterocycles. The number of nitrogens with two attached hydrogens (primary N) is 1. The highest BCUT2D eigenvalue weighted by atomic mass is 16.6. The molecular formula is C14H16N2O6. The van der Waals surface area contributed by atoms with Gasteiger partial charge in [0, 0.05) is 6.42 Å². The van der Waals surface area contributed by atoms with Crippen LogP contribution in [0.4, 0.5) is 9.59 Å². The van der Waals surface area contributed by atoms with Gasteiger partial charge in [0.05, 0.1) is 6.54 Å². The van der Waals surface area contributed by atoms with Crippen molar-refractivity contribution < 1.29 is 29.0 Å². The minimum absolute atomic E-state index is 0.0152. The fourth-order valence-electron chi connectivity index (χ4n) is 2.29. The van der Waals surface area contributed by atoms with Crippen molar-refractivity contribution in [2.75, 3.05) is 6.54 Å². The maximum Gasteiger partial charge on any atom is 0.410 e. The number of carbonyl (C=O) groups excluding carboxylic acids is 2. The second-order valence-corrected chi connectivity index (χ2v) is 4.84. The summed E-state index contributed by atoms with van der Waals surface area (Å²) in [7, 11) is 0. The summed E-state index contributed by atoms with van der Waals surface area (Å²) in [4.78, 5) is 35.0. The maximum atomic E-state index is 12.0. The summed E-state index contributed by atoms with van der Waals surface area (Å²) in [6, 6.07) is 7.90. The number of aliphatic carboxylic acids is 1. The Hall–Kier alpha value is -2.77. The number of rotatable bonds is 4. The van der Waals surface area contributed by atoms with Crippen LogP contribution in [0.1, 0.15) is 12.0 Å². The number of carbonyl (C=O) groups is 3. The van der Waals surface area contributed by atoms with Gasteiger partial charge in [0.15, 0.2) is 0 Å². The van der Waals surface area contributed by atoms with Gasteiger partial charge in [0.1, 0.15) is 18.8 Å². The van der Waals surface area contributed by atoms with E-state index in [1.54, 1.807) is 24.3 Å². The molecule has 3 N–H and O–H groups in total. The van der Waals surface area contributed by atoms with Crippen LogP contribution >= 0.6 is 0 Å². The Kier molecular flexibility index (Phi) is 4.82. The second-order valence-electron chi connectivity index (χ2n) is 4.84. The molecule has 2 rings (SSSR count). The lowest BCUT2D eigenvalue weighted by atomic mass is 10.2. The number of carboxylic acids is 1. The van der Waals surface area contributed by atoms with E-state index in [1.807, 2.05) is 6.07 Å². The predicted molar refractivity (Wildman–Crippen MR) is 73.8 cm³/mol. The molecule has 0 aromatic heterocycles. The van der Waals surface area contributed by atoms with Crippen molar-refractivity contribution in [3.63, 3.8) is 0 Å². The normalized spacial score (nSPS) is 20.5. The molecule has 0 saturated carbocycles. The van der Waals surface area contributed by atoms with E-state index >= 15 is 0 Å². The van der Waals surface area contributed by atoms with Crippen molar-refractivity contribution in [3.8, 4) is 0 Å². The fourth-order valence-corrected chi connectivity index (χ4v) is 2.29. The molecular weight excluding hydrogens is 292 g/mol. The summed E-state index contributed by atoms with van der Waals surface area (Å²) in [5, 5.41) is 9.15. The van der Waals surface area contributed by atoms with Gasteiger partial charge in [0.2, 0.25) is 0 Å². The lowest BCUT2D eigenvalue weighted by Crippen LogP contribution is -2.40. The lowest BCUT2D eigenvalue weighted by molar-refractivity contribution is -0.141. The number of amides is 2. The van der Waals surface area contributed by atoms with E-state index < -0.39 is 30.3 Å². The number of likely N-dealkylation sites (tertiary alicyclic amines) is 1. The van der Waals surface area contributed by atoms with E-state index in [2.05, 4.69) is 0 Å². The molecule has 2 atom stereocenters. The van der Waals surface area contributed by atoms with Gasteiger partial charge in [-0.1, -0.05) is 30.3 Å². The molecule has 2 amide bonds. The van der Waals surface area contributed by atoms with E-state index in [-0.39, 0.29) is 19.6 Å². The Morgan fingerprint density at radius 2 is 1.95 bits per heavy atom. The number of hydrogen-bond acceptors (Lipinski definition) is 5. The summed E-state index contributed by atoms with van der Waals surface area (Å²) in [6.07, 6.45) is -2.54. The van der Waals surface area contributed by atoms with Crippen LogP contribution in [0.25, 0.3) is 0 Å². The minimum atomic E-state index is -1.19. The molecule has 8 nitrogen and oxygen atoms in total. The molecule has 1 heterocycles. The number of carboxylic acid groups (broad SMARTS) is 1. The molecule has 1 fully saturated rings. The monoisotopic (exact) mass is 308 g/mol. The second kappa shape index (κ2) is 6.79. The topological polar surface area (TPSA) is 119 Å². The zero-order valence-corrected chi connectivity index (χ0v) is 11.7. The van der Waals surface area contributed by atoms with Crippen molar-refractivity contribution >= 4 is 18.2 Å². The first-order valence-corrected chi connectivity index (χ1v) is 6.63. The van der Waals surface area contributed by atoms with Crippen molar-refractivity contribution in [2.45, 2.75) is 25.2 Å². The molecule has 0 bridgehead atoms. The molecule has 8 heteroatoms. The Labute approximate surface area is 126 Å². The van der Waals surface area contributed by atoms with E-state index in [0.29, 0.717) is 0 Å². The van der Waals surface area contributed by atoms with Crippen LogP contribution in [-0.2, 0) is 20.9 Å². The molecule has 1 unspecified atom stereocenters. The molecule has 1 aromatic carbocycles. The molecule has 0 radical (unpaired) electrons. The SMILES string of the molecule is NC(=O)OC1C[C@@H](C(=O)O)N(C(=O)OCc2ccccc2)C1. The molecule has 1 aromatic rings. The summed E-state index contributed by atoms with van der Waals surface area (Å²) in [5.74, 6) is -1.19. The molecule has 118 valence electrons. The summed E-state index contributed by atoms with van der Waals surface area (Å²) in [6.45, 7) is -0.0304. The Morgan fingerprint density at radius 1 is 1.27 bits per heavy atom. The van der Waals surface area contributed by atoms with Gasteiger partial charge in [-0.15, -0.1) is 0 Å². The number of hydrogen-bond donors (Lipinski definition) is 2. The number of nitrogens with zero attached hydrogens (tertiary/aromatic N) is 1. The molecule has 0 aliphatic carbocycles. The first kappa shape index (κ1) is 15.6. The first-order valence-electron chi connectivity index (χ1n) is 6.63. The molecule has 1 aliphatic heterocycles. The molecule has 22 heavy (non-hydrogen) atoms. The highest BCUT2D eigenvalue weighted by Gasteiger charge is 2.42. The average Bonchev–Trinajstić information content (AvgIpc) is 2.89. The Morgan fingerprint density at radius 3 is 2.55 bits per heavy atom. The van der Waals surface area contributed by atoms with Gasteiger partial charge in [0.25, 0.3) is 0 Å². The largest absolute Gasteiger partial charge is 0.480 e. The summed E-state index contributed by atoms with van der Waals surface area (Å²) < 4.78 is 9.86. The quantitative estimate of drug-likeness (QED) is 0.854. The number of benzene rings is 1. The zero-order chi connectivity index (χ0) is 16.1. The van der Waals surface area contributed by atoms with Gasteiger partial charge in [-0.25, -0.2) is 14.4 Å². The van der Waals surface area contributed by atoms with Crippen LogP contribution in [-0.4, -0.2) is 46.9 Å². The van der Waals surface area contributed by atoms with Crippen molar-refractivity contribution in [1.29, 1.82) is 0 Å². The third kappa shape index (κ3) is 3.87. The van der Waals surface area contributed by atoms with Crippen LogP contribution in [0, 0.1) is 0 Å². The van der Waals surface area contributed by atoms with Crippen molar-refractivity contribution in [1.82, 2.24) is 4.90 Å². The van der Waals surface area contributed by atoms with E-state index in [9.17, 15) is 14.4 Å². The van der Waals surface area contributed by atoms with Crippen LogP contribution < -0.4 is 5.73 Å². The summed E-state index contributed by atoms with van der Waals surface area (Å²) in [5.41, 5.74) is 5.69. The van der Waals surface area contributed by atoms with Crippen molar-refractivity contribution in [3.05, 3.63) is 35.9 Å². The highest BCUT2D eigenvalue weighted by molar-refractivity contribution is 5.81. The Bertz CT molecular complexity index is 562. The first-order chi connectivity index (χ1) is 10.5. The Balaban J connectivity index is 1.97. The van der Waals surface area contributed by atoms with E-state index in [4.69, 9.17) is 20.3 Å². The molecule has 1 aliphatic rings. The smallest absolute Gasteiger partial charge is 0.410 e. The van der Waals surface area contributed by atoms with Crippen LogP contribution in [0.3, 0.4) is 0 Å². The highest BCUT2D eigenvalue weighted by Crippen LogP contribution is 2.22. The third-order valence-electron chi connectivity index (χ3n) is 3.27. The average molecular weight is 308 g/mol. The van der Waals surface area contributed by atoms with Crippen LogP contribution in [0.2, 0.25) is 0 Å². The van der Waals surface area contributed by atoms with Gasteiger partial charge in [-0.2, -0.15) is 0 Å². The standard InChI is InChI=1S/C14H16N2O6/c15-13(19)22-10-6-11(12(17)18)16(7-10)14(20)21-8-9-4-2-1-3-5-9/h1-5,10-11H,6-8H2,(H2,15,19)(H,17,18)/t10?,11-/m0/s1. The predicted octanol–water partition coefficient (Wildman–Crippen LogP) is 0.946. The zero-order valence-electron chi connectivity index (χ0n) is 11.7. The van der Waals surface area contributed by atoms with E-state index in [1.165, 1.54) is 0 Å². The van der Waals surface area contributed by atoms with Crippen LogP contribution in [0.15, 0.2) is 30.3 Å². The third-order valence-corrected chi connectivity index (χ3v) is 3.27. The fraction of sp³-hybridized carbons (Fsp3) is 0.357. The molecule has 0 spiro atoms. The van der Waals surface area contributed by atoms with Gasteiger partial charge >= 0.3 is 18.2 Å². The van der Waals surface area contributed by atoms with Crippen LogP contribution in [0.5, 0.6) is 0 Å². The maximum absolute atomic E-state index is 12.0. The van der Waals surface area contributed by atoms with Crippen molar-refractivity contribution in [2.24, 2.45) is 5.73 Å². The number of primary amides is 1. The minimum Gasteiger partial charge on any atom is -0.480 e. The van der Waals surface area contributed by atoms with E-state index in [0.717, 1.165) is 10.5 Å². The van der Waals surface area contributed by atoms with Gasteiger partial charge < -0.3 is 20.3 Å². The van der Waals surface area contributed by atoms with Gasteiger partial charge in [-0.3, -0.25) is 4.90 Å². The van der Waals surface area contributed by atoms with Gasteiger partial charge in [-0.05, 0) is 5.56 Å². The lowest BCUT2D eigenvalue weighted by Gasteiger charge is -2.20. The number of ether oxygens (including phenoxy) is 2.